The number of ether oxygens (including phenoxy) is 1. The van der Waals surface area contributed by atoms with E-state index in [1.807, 2.05) is 50.4 Å². The van der Waals surface area contributed by atoms with Gasteiger partial charge >= 0.3 is 6.09 Å². The fourth-order valence-corrected chi connectivity index (χ4v) is 7.12. The van der Waals surface area contributed by atoms with Crippen molar-refractivity contribution in [3.63, 3.8) is 0 Å². The van der Waals surface area contributed by atoms with E-state index in [1.54, 1.807) is 30.2 Å². The molecular weight excluding hydrogens is 594 g/mol. The van der Waals surface area contributed by atoms with E-state index in [-0.39, 0.29) is 25.2 Å². The van der Waals surface area contributed by atoms with Gasteiger partial charge in [0.1, 0.15) is 5.60 Å². The molecule has 2 fully saturated rings. The van der Waals surface area contributed by atoms with E-state index < -0.39 is 47.3 Å². The zero-order valence-corrected chi connectivity index (χ0v) is 28.7. The molecule has 2 N–H and O–H groups in total. The zero-order valence-electron chi connectivity index (χ0n) is 28.7. The maximum absolute atomic E-state index is 13.5. The van der Waals surface area contributed by atoms with Gasteiger partial charge in [-0.3, -0.25) is 19.5 Å². The number of hydrogen-bond acceptors (Lipinski definition) is 8. The Morgan fingerprint density at radius 2 is 1.79 bits per heavy atom. The third-order valence-electron chi connectivity index (χ3n) is 10.3. The molecule has 0 spiro atoms. The van der Waals surface area contributed by atoms with Crippen LogP contribution >= 0.6 is 0 Å². The second-order valence-electron chi connectivity index (χ2n) is 14.1. The molecule has 0 aromatic carbocycles. The van der Waals surface area contributed by atoms with Crippen molar-refractivity contribution in [3.05, 3.63) is 66.0 Å². The van der Waals surface area contributed by atoms with Crippen LogP contribution in [0.5, 0.6) is 0 Å². The van der Waals surface area contributed by atoms with Crippen LogP contribution in [0.2, 0.25) is 0 Å². The first-order chi connectivity index (χ1) is 22.5. The van der Waals surface area contributed by atoms with Crippen LogP contribution in [0.15, 0.2) is 60.5 Å². The van der Waals surface area contributed by atoms with Gasteiger partial charge < -0.3 is 19.8 Å². The van der Waals surface area contributed by atoms with Gasteiger partial charge in [-0.2, -0.15) is 0 Å². The Morgan fingerprint density at radius 1 is 1.09 bits per heavy atom. The number of allylic oxidation sites excluding steroid dienone is 5. The molecule has 9 nitrogen and oxygen atoms in total. The number of rotatable bonds is 6. The first-order valence-corrected chi connectivity index (χ1v) is 17.6. The normalized spacial score (nSPS) is 31.1. The number of hydrogen-bond donors (Lipinski definition) is 2. The molecule has 1 aromatic rings. The molecule has 0 bridgehead atoms. The second-order valence-corrected chi connectivity index (χ2v) is 14.1. The van der Waals surface area contributed by atoms with Gasteiger partial charge in [0.25, 0.3) is 0 Å². The maximum atomic E-state index is 13.5. The summed E-state index contributed by atoms with van der Waals surface area (Å²) in [6.07, 6.45) is 17.5. The highest BCUT2D eigenvalue weighted by atomic mass is 16.6. The summed E-state index contributed by atoms with van der Waals surface area (Å²) in [5, 5.41) is 22.2. The van der Waals surface area contributed by atoms with Crippen LogP contribution in [0.3, 0.4) is 0 Å². The van der Waals surface area contributed by atoms with E-state index in [2.05, 4.69) is 16.8 Å². The number of carbonyl (C=O) groups excluding carboxylic acids is 3. The average Bonchev–Trinajstić information content (AvgIpc) is 3.35. The molecule has 0 radical (unpaired) electrons. The Morgan fingerprint density at radius 3 is 2.45 bits per heavy atom. The maximum Gasteiger partial charge on any atom is 0.410 e. The number of aromatic nitrogens is 1. The monoisotopic (exact) mass is 649 g/mol. The van der Waals surface area contributed by atoms with Gasteiger partial charge in [0.2, 0.25) is 11.6 Å². The average molecular weight is 650 g/mol. The van der Waals surface area contributed by atoms with Crippen molar-refractivity contribution < 1.29 is 29.3 Å². The number of aliphatic hydroxyl groups excluding tert-OH is 1. The summed E-state index contributed by atoms with van der Waals surface area (Å²) in [5.41, 5.74) is 0.271. The Kier molecular flexibility index (Phi) is 13.5. The molecule has 2 aliphatic carbocycles. The quantitative estimate of drug-likeness (QED) is 0.172. The summed E-state index contributed by atoms with van der Waals surface area (Å²) < 4.78 is 5.98. The predicted molar refractivity (Wildman–Crippen MR) is 183 cm³/mol. The summed E-state index contributed by atoms with van der Waals surface area (Å²) in [7, 11) is 0. The van der Waals surface area contributed by atoms with Crippen LogP contribution < -0.4 is 0 Å². The van der Waals surface area contributed by atoms with Gasteiger partial charge in [-0.15, -0.1) is 0 Å². The SMILES string of the molecule is C/C(=C\C=C\[C@H](C)c1cccnc1)[C@H]1C(=O)C(=O)C[C@@H](O)CC[C@](C)(O)[C@@H](OC(=O)N2CCN(C3CCCCCC3)CC2)/C=C/[C@@H]1C. The predicted octanol–water partition coefficient (Wildman–Crippen LogP) is 5.78. The van der Waals surface area contributed by atoms with Gasteiger partial charge in [0.15, 0.2) is 6.10 Å². The van der Waals surface area contributed by atoms with Gasteiger partial charge in [-0.1, -0.05) is 75.5 Å². The minimum absolute atomic E-state index is 0.0813. The lowest BCUT2D eigenvalue weighted by Crippen LogP contribution is -2.53. The summed E-state index contributed by atoms with van der Waals surface area (Å²) in [6, 6.07) is 4.47. The van der Waals surface area contributed by atoms with Gasteiger partial charge in [-0.25, -0.2) is 4.79 Å². The Balaban J connectivity index is 1.49. The van der Waals surface area contributed by atoms with Crippen molar-refractivity contribution in [2.75, 3.05) is 26.2 Å². The molecular formula is C38H55N3O6. The molecule has 6 atom stereocenters. The van der Waals surface area contributed by atoms with Crippen molar-refractivity contribution in [2.24, 2.45) is 11.8 Å². The second kappa shape index (κ2) is 17.3. The van der Waals surface area contributed by atoms with E-state index in [4.69, 9.17) is 4.74 Å². The molecule has 0 unspecified atom stereocenters. The number of pyridine rings is 1. The first-order valence-electron chi connectivity index (χ1n) is 17.6. The van der Waals surface area contributed by atoms with Gasteiger partial charge in [0, 0.05) is 57.0 Å². The first kappa shape index (κ1) is 36.7. The summed E-state index contributed by atoms with van der Waals surface area (Å²) in [4.78, 5) is 48.4. The fraction of sp³-hybridized carbons (Fsp3) is 0.632. The fourth-order valence-electron chi connectivity index (χ4n) is 7.12. The number of ketones is 2. The number of amides is 1. The summed E-state index contributed by atoms with van der Waals surface area (Å²) >= 11 is 0. The summed E-state index contributed by atoms with van der Waals surface area (Å²) in [6.45, 7) is 10.1. The molecule has 1 saturated carbocycles. The minimum atomic E-state index is -1.49. The van der Waals surface area contributed by atoms with Gasteiger partial charge in [0.05, 0.1) is 12.0 Å². The van der Waals surface area contributed by atoms with Crippen molar-refractivity contribution in [1.82, 2.24) is 14.8 Å². The highest BCUT2D eigenvalue weighted by Gasteiger charge is 2.38. The van der Waals surface area contributed by atoms with E-state index in [1.165, 1.54) is 38.5 Å². The number of nitrogens with zero attached hydrogens (tertiary/aromatic N) is 3. The summed E-state index contributed by atoms with van der Waals surface area (Å²) in [5.74, 6) is -2.30. The van der Waals surface area contributed by atoms with Crippen LogP contribution in [-0.2, 0) is 14.3 Å². The largest absolute Gasteiger partial charge is 0.439 e. The smallest absolute Gasteiger partial charge is 0.410 e. The van der Waals surface area contributed by atoms with Crippen molar-refractivity contribution >= 4 is 17.7 Å². The molecule has 4 rings (SSSR count). The topological polar surface area (TPSA) is 120 Å². The molecule has 2 heterocycles. The van der Waals surface area contributed by atoms with E-state index in [9.17, 15) is 24.6 Å². The highest BCUT2D eigenvalue weighted by molar-refractivity contribution is 6.38. The number of carbonyl (C=O) groups is 3. The minimum Gasteiger partial charge on any atom is -0.439 e. The third kappa shape index (κ3) is 10.4. The molecule has 3 aliphatic rings. The lowest BCUT2D eigenvalue weighted by atomic mass is 9.79. The van der Waals surface area contributed by atoms with E-state index in [0.29, 0.717) is 24.7 Å². The standard InChI is InChI=1S/C38H55N3O6/c1-27(30-13-10-20-39-26-30)11-9-12-28(2)35-29(3)16-17-34(38(4,46)19-18-32(42)25-33(43)36(35)44)47-37(45)41-23-21-40(22-24-41)31-14-7-5-6-8-15-31/h9-13,16-17,20,26-27,29,31-32,34-35,42,46H,5-8,14-15,18-19,21-25H2,1-4H3/b11-9+,17-16+,28-12+/t27-,29-,32-,34-,35+,38-/m0/s1. The van der Waals surface area contributed by atoms with Crippen LogP contribution in [0.1, 0.15) is 97.0 Å². The van der Waals surface area contributed by atoms with Crippen molar-refractivity contribution in [2.45, 2.75) is 115 Å². The lowest BCUT2D eigenvalue weighted by Gasteiger charge is -2.40. The van der Waals surface area contributed by atoms with Crippen molar-refractivity contribution in [1.29, 1.82) is 0 Å². The van der Waals surface area contributed by atoms with E-state index in [0.717, 1.165) is 18.7 Å². The number of aliphatic hydroxyl groups is 2. The third-order valence-corrected chi connectivity index (χ3v) is 10.3. The lowest BCUT2D eigenvalue weighted by molar-refractivity contribution is -0.140. The molecule has 1 saturated heterocycles. The van der Waals surface area contributed by atoms with Crippen LogP contribution in [0, 0.1) is 11.8 Å². The Hall–Kier alpha value is -3.14. The zero-order chi connectivity index (χ0) is 34.0. The molecule has 1 amide bonds. The van der Waals surface area contributed by atoms with Crippen LogP contribution in [0.4, 0.5) is 4.79 Å². The highest BCUT2D eigenvalue weighted by Crippen LogP contribution is 2.30. The number of piperazine rings is 1. The Bertz CT molecular complexity index is 1280. The van der Waals surface area contributed by atoms with Gasteiger partial charge in [-0.05, 0) is 63.2 Å². The molecule has 258 valence electrons. The molecule has 47 heavy (non-hydrogen) atoms. The van der Waals surface area contributed by atoms with Crippen LogP contribution in [0.25, 0.3) is 0 Å². The van der Waals surface area contributed by atoms with E-state index >= 15 is 0 Å². The molecule has 1 aromatic heterocycles. The molecule has 9 heteroatoms. The van der Waals surface area contributed by atoms with Crippen molar-refractivity contribution in [3.8, 4) is 0 Å². The molecule has 1 aliphatic heterocycles. The van der Waals surface area contributed by atoms with Crippen LogP contribution in [-0.4, -0.2) is 92.7 Å². The Labute approximate surface area is 280 Å². The number of Topliss-reactive ketones (excluding diaryl/α,β-unsaturated/α-hetero) is 2.